The average Bonchev–Trinajstić information content (AvgIpc) is 3.38. The van der Waals surface area contributed by atoms with E-state index in [1.165, 1.54) is 32.4 Å². The van der Waals surface area contributed by atoms with Gasteiger partial charge in [-0.1, -0.05) is 18.8 Å². The van der Waals surface area contributed by atoms with E-state index in [-0.39, 0.29) is 76.0 Å². The maximum Gasteiger partial charge on any atom is 0.406 e. The monoisotopic (exact) mass is 719 g/mol. The van der Waals surface area contributed by atoms with Crippen molar-refractivity contribution in [3.8, 4) is 17.6 Å². The van der Waals surface area contributed by atoms with E-state index in [1.54, 1.807) is 0 Å². The number of methoxy groups -OCH3 is 1. The molecule has 3 aromatic rings. The number of nitrogens with one attached hydrogen (secondary N) is 3. The van der Waals surface area contributed by atoms with Crippen molar-refractivity contribution >= 4 is 38.8 Å². The molecule has 2 fully saturated rings. The highest BCUT2D eigenvalue weighted by molar-refractivity contribution is 6.13. The molecule has 1 aliphatic carbocycles. The molecule has 2 heterocycles. The maximum atomic E-state index is 14.6. The van der Waals surface area contributed by atoms with Crippen LogP contribution in [0, 0.1) is 23.6 Å². The summed E-state index contributed by atoms with van der Waals surface area (Å²) < 4.78 is 88.4. The predicted molar refractivity (Wildman–Crippen MR) is 176 cm³/mol. The van der Waals surface area contributed by atoms with Gasteiger partial charge in [-0.15, -0.1) is 0 Å². The van der Waals surface area contributed by atoms with Gasteiger partial charge in [-0.3, -0.25) is 14.5 Å². The van der Waals surface area contributed by atoms with Crippen molar-refractivity contribution in [2.75, 3.05) is 39.1 Å². The molecule has 0 spiro atoms. The van der Waals surface area contributed by atoms with Crippen molar-refractivity contribution in [1.82, 2.24) is 25.1 Å². The Morgan fingerprint density at radius 1 is 1.14 bits per heavy atom. The van der Waals surface area contributed by atoms with Crippen LogP contribution in [0.25, 0.3) is 11.0 Å². The van der Waals surface area contributed by atoms with E-state index < -0.39 is 41.8 Å². The minimum atomic E-state index is -4.56. The Hall–Kier alpha value is -4.23. The molecule has 2 amide bonds. The number of likely N-dealkylation sites (tertiary alicyclic amines) is 1. The number of amides is 2. The number of benzene rings is 2. The van der Waals surface area contributed by atoms with Gasteiger partial charge in [-0.2, -0.15) is 13.2 Å². The van der Waals surface area contributed by atoms with Crippen molar-refractivity contribution in [1.29, 1.82) is 0 Å². The predicted octanol–water partition coefficient (Wildman–Crippen LogP) is 5.15. The number of rotatable bonds is 8. The van der Waals surface area contributed by atoms with Gasteiger partial charge >= 0.3 is 6.18 Å². The number of halogens is 6. The van der Waals surface area contributed by atoms with Gasteiger partial charge in [-0.05, 0) is 43.0 Å². The maximum absolute atomic E-state index is 14.6. The first-order chi connectivity index (χ1) is 23.4. The number of imidazole rings is 1. The Bertz CT molecular complexity index is 1830. The standard InChI is InChI=1S/C34H37F6N6O3Si/c1-19-16-45(21-14-33(36,37)15-21)9-7-32(2,29(19)50)44-31(48)23-10-20(11-26-28(23)43-18-46(26)17-34(38,39)40)6-5-8-42-25-13-24(35)22(30(47)41-3)12-27(25)49-4/h10-13,18-19,21,29,42H,7-9,14-17H2,1-4H3,(H,41,47)(H,44,48)/t19-,29?,32+/m0/s1. The number of anilines is 1. The Kier molecular flexibility index (Phi) is 10.5. The molecule has 5 rings (SSSR count). The molecule has 3 atom stereocenters. The van der Waals surface area contributed by atoms with Gasteiger partial charge in [0.25, 0.3) is 17.7 Å². The third-order valence-corrected chi connectivity index (χ3v) is 10.6. The first-order valence-electron chi connectivity index (χ1n) is 16.0. The van der Waals surface area contributed by atoms with E-state index >= 15 is 0 Å². The summed E-state index contributed by atoms with van der Waals surface area (Å²) in [5.74, 6) is 1.17. The average molecular weight is 720 g/mol. The van der Waals surface area contributed by atoms with Crippen molar-refractivity contribution in [2.24, 2.45) is 5.92 Å². The number of fused-ring (bicyclic) bond motifs is 1. The molecule has 0 bridgehead atoms. The molecule has 50 heavy (non-hydrogen) atoms. The van der Waals surface area contributed by atoms with Crippen LogP contribution in [0.15, 0.2) is 30.6 Å². The molecule has 1 saturated heterocycles. The van der Waals surface area contributed by atoms with Crippen LogP contribution in [0.4, 0.5) is 32.0 Å². The Labute approximate surface area is 288 Å². The number of hydrogen-bond acceptors (Lipinski definition) is 6. The third kappa shape index (κ3) is 8.04. The highest BCUT2D eigenvalue weighted by atomic mass is 28.1. The number of alkyl halides is 5. The summed E-state index contributed by atoms with van der Waals surface area (Å²) in [5, 5.41) is 8.32. The van der Waals surface area contributed by atoms with Crippen molar-refractivity contribution in [2.45, 2.75) is 68.9 Å². The molecule has 1 saturated carbocycles. The quantitative estimate of drug-likeness (QED) is 0.169. The van der Waals surface area contributed by atoms with Crippen LogP contribution in [-0.4, -0.2) is 94.0 Å². The second-order valence-electron chi connectivity index (χ2n) is 13.1. The van der Waals surface area contributed by atoms with E-state index in [9.17, 15) is 35.9 Å². The van der Waals surface area contributed by atoms with Crippen molar-refractivity contribution < 1.29 is 40.7 Å². The highest BCUT2D eigenvalue weighted by Crippen LogP contribution is 2.43. The zero-order valence-electron chi connectivity index (χ0n) is 27.9. The van der Waals surface area contributed by atoms with Gasteiger partial charge in [0.2, 0.25) is 0 Å². The molecule has 1 unspecified atom stereocenters. The first-order valence-corrected chi connectivity index (χ1v) is 16.5. The van der Waals surface area contributed by atoms with Gasteiger partial charge in [0, 0.05) is 66.4 Å². The van der Waals surface area contributed by atoms with Crippen LogP contribution in [-0.2, 0) is 6.54 Å². The van der Waals surface area contributed by atoms with Crippen LogP contribution < -0.4 is 20.7 Å². The SMILES string of the molecule is CNC(=O)c1cc(OC)c(NCC#Cc2cc(C(=O)N[C@]3(C)CCN(C4CC(F)(F)C4)C[C@H](C)C3[Si])c3ncn(CC(F)(F)F)c3c2)cc1F. The van der Waals surface area contributed by atoms with E-state index in [4.69, 9.17) is 4.74 Å². The number of carbonyl (C=O) groups excluding carboxylic acids is 2. The second-order valence-corrected chi connectivity index (χ2v) is 13.8. The summed E-state index contributed by atoms with van der Waals surface area (Å²) >= 11 is 0. The number of carbonyl (C=O) groups is 2. The van der Waals surface area contributed by atoms with Crippen molar-refractivity contribution in [3.63, 3.8) is 0 Å². The molecule has 267 valence electrons. The number of aromatic nitrogens is 2. The smallest absolute Gasteiger partial charge is 0.406 e. The van der Waals surface area contributed by atoms with Gasteiger partial charge < -0.3 is 25.3 Å². The molecule has 3 N–H and O–H groups in total. The lowest BCUT2D eigenvalue weighted by atomic mass is 9.86. The summed E-state index contributed by atoms with van der Waals surface area (Å²) in [6.45, 7) is 3.46. The Morgan fingerprint density at radius 3 is 2.50 bits per heavy atom. The van der Waals surface area contributed by atoms with E-state index in [2.05, 4.69) is 43.0 Å². The Balaban J connectivity index is 1.41. The largest absolute Gasteiger partial charge is 0.495 e. The zero-order valence-corrected chi connectivity index (χ0v) is 28.9. The minimum Gasteiger partial charge on any atom is -0.495 e. The number of hydrogen-bond donors (Lipinski definition) is 3. The molecule has 2 aliphatic rings. The molecule has 1 aliphatic heterocycles. The van der Waals surface area contributed by atoms with Gasteiger partial charge in [0.15, 0.2) is 0 Å². The molecular weight excluding hydrogens is 682 g/mol. The fourth-order valence-corrected chi connectivity index (χ4v) is 6.92. The van der Waals surface area contributed by atoms with Crippen LogP contribution in [0.2, 0.25) is 5.54 Å². The molecule has 1 aromatic heterocycles. The fraction of sp³-hybridized carbons (Fsp3) is 0.500. The van der Waals surface area contributed by atoms with Crippen molar-refractivity contribution in [3.05, 3.63) is 53.1 Å². The second kappa shape index (κ2) is 14.2. The van der Waals surface area contributed by atoms with Crippen LogP contribution in [0.1, 0.15) is 59.4 Å². The lowest BCUT2D eigenvalue weighted by Crippen LogP contribution is -2.52. The summed E-state index contributed by atoms with van der Waals surface area (Å²) in [4.78, 5) is 32.1. The highest BCUT2D eigenvalue weighted by Gasteiger charge is 2.50. The molecular formula is C34H37F6N6O3Si. The third-order valence-electron chi connectivity index (χ3n) is 9.36. The van der Waals surface area contributed by atoms with Gasteiger partial charge in [0.1, 0.15) is 23.6 Å². The van der Waals surface area contributed by atoms with E-state index in [0.29, 0.717) is 19.5 Å². The zero-order chi connectivity index (χ0) is 36.6. The van der Waals surface area contributed by atoms with E-state index in [1.807, 2.05) is 18.7 Å². The number of nitrogens with zero attached hydrogens (tertiary/aromatic N) is 3. The summed E-state index contributed by atoms with van der Waals surface area (Å²) in [7, 11) is 6.52. The molecule has 9 nitrogen and oxygen atoms in total. The first kappa shape index (κ1) is 37.0. The molecule has 16 heteroatoms. The minimum absolute atomic E-state index is 0.0155. The molecule has 2 aromatic carbocycles. The topological polar surface area (TPSA) is 101 Å². The summed E-state index contributed by atoms with van der Waals surface area (Å²) in [6, 6.07) is 4.93. The lowest BCUT2D eigenvalue weighted by Gasteiger charge is -2.43. The van der Waals surface area contributed by atoms with Crippen LogP contribution in [0.5, 0.6) is 5.75 Å². The number of ether oxygens (including phenoxy) is 1. The molecule has 3 radical (unpaired) electrons. The normalized spacial score (nSPS) is 22.5. The van der Waals surface area contributed by atoms with Crippen LogP contribution >= 0.6 is 0 Å². The Morgan fingerprint density at radius 2 is 1.86 bits per heavy atom. The van der Waals surface area contributed by atoms with Crippen LogP contribution in [0.3, 0.4) is 0 Å². The lowest BCUT2D eigenvalue weighted by molar-refractivity contribution is -0.140. The van der Waals surface area contributed by atoms with Gasteiger partial charge in [0.05, 0.1) is 42.3 Å². The summed E-state index contributed by atoms with van der Waals surface area (Å²) in [5.41, 5.74) is -0.749. The fourth-order valence-electron chi connectivity index (χ4n) is 6.59. The van der Waals surface area contributed by atoms with E-state index in [0.717, 1.165) is 17.0 Å². The summed E-state index contributed by atoms with van der Waals surface area (Å²) in [6.07, 6.45) is -3.51. The van der Waals surface area contributed by atoms with Gasteiger partial charge in [-0.25, -0.2) is 18.2 Å².